The Labute approximate surface area is 99.9 Å². The van der Waals surface area contributed by atoms with Crippen molar-refractivity contribution in [1.82, 2.24) is 9.97 Å². The summed E-state index contributed by atoms with van der Waals surface area (Å²) in [5.74, 6) is 1.44. The molecule has 4 nitrogen and oxygen atoms in total. The predicted octanol–water partition coefficient (Wildman–Crippen LogP) is 1.69. The largest absolute Gasteiger partial charge is 0.497 e. The SMILES string of the molecule is COc1cccc(-c2ccnc(CCO)n2)c1. The van der Waals surface area contributed by atoms with Gasteiger partial charge in [0.2, 0.25) is 0 Å². The van der Waals surface area contributed by atoms with Gasteiger partial charge in [-0.2, -0.15) is 0 Å². The van der Waals surface area contributed by atoms with Crippen LogP contribution in [0.15, 0.2) is 36.5 Å². The van der Waals surface area contributed by atoms with E-state index in [1.165, 1.54) is 0 Å². The highest BCUT2D eigenvalue weighted by molar-refractivity contribution is 5.60. The third-order valence-electron chi connectivity index (χ3n) is 2.41. The lowest BCUT2D eigenvalue weighted by atomic mass is 10.1. The van der Waals surface area contributed by atoms with Crippen LogP contribution >= 0.6 is 0 Å². The third-order valence-corrected chi connectivity index (χ3v) is 2.41. The Bertz CT molecular complexity index is 500. The maximum absolute atomic E-state index is 8.86. The van der Waals surface area contributed by atoms with Crippen LogP contribution < -0.4 is 4.74 Å². The fourth-order valence-corrected chi connectivity index (χ4v) is 1.56. The first-order chi connectivity index (χ1) is 8.33. The summed E-state index contributed by atoms with van der Waals surface area (Å²) >= 11 is 0. The van der Waals surface area contributed by atoms with Crippen LogP contribution in [0.1, 0.15) is 5.82 Å². The zero-order valence-corrected chi connectivity index (χ0v) is 9.63. The van der Waals surface area contributed by atoms with E-state index >= 15 is 0 Å². The Balaban J connectivity index is 2.34. The molecule has 0 aliphatic heterocycles. The number of benzene rings is 1. The number of hydrogen-bond donors (Lipinski definition) is 1. The average molecular weight is 230 g/mol. The third kappa shape index (κ3) is 2.79. The molecule has 17 heavy (non-hydrogen) atoms. The summed E-state index contributed by atoms with van der Waals surface area (Å²) in [6.07, 6.45) is 2.17. The number of hydrogen-bond acceptors (Lipinski definition) is 4. The molecule has 0 aliphatic carbocycles. The molecular weight excluding hydrogens is 216 g/mol. The lowest BCUT2D eigenvalue weighted by Crippen LogP contribution is -1.99. The molecule has 2 rings (SSSR count). The number of methoxy groups -OCH3 is 1. The summed E-state index contributed by atoms with van der Waals surface area (Å²) < 4.78 is 5.17. The quantitative estimate of drug-likeness (QED) is 0.868. The highest BCUT2D eigenvalue weighted by atomic mass is 16.5. The molecular formula is C13H14N2O2. The minimum atomic E-state index is 0.0571. The topological polar surface area (TPSA) is 55.2 Å². The van der Waals surface area contributed by atoms with Crippen molar-refractivity contribution in [3.05, 3.63) is 42.4 Å². The first kappa shape index (κ1) is 11.5. The van der Waals surface area contributed by atoms with Gasteiger partial charge in [-0.25, -0.2) is 9.97 Å². The van der Waals surface area contributed by atoms with Crippen molar-refractivity contribution in [3.63, 3.8) is 0 Å². The highest BCUT2D eigenvalue weighted by Gasteiger charge is 2.03. The van der Waals surface area contributed by atoms with Gasteiger partial charge in [0.05, 0.1) is 19.4 Å². The minimum Gasteiger partial charge on any atom is -0.497 e. The molecule has 0 saturated carbocycles. The van der Waals surface area contributed by atoms with E-state index in [1.54, 1.807) is 13.3 Å². The van der Waals surface area contributed by atoms with E-state index in [0.717, 1.165) is 17.0 Å². The molecule has 0 unspecified atom stereocenters. The van der Waals surface area contributed by atoms with Gasteiger partial charge in [0.1, 0.15) is 11.6 Å². The van der Waals surface area contributed by atoms with Crippen LogP contribution in [-0.2, 0) is 6.42 Å². The molecule has 0 saturated heterocycles. The van der Waals surface area contributed by atoms with Crippen LogP contribution in [0.3, 0.4) is 0 Å². The number of ether oxygens (including phenoxy) is 1. The zero-order chi connectivity index (χ0) is 12.1. The van der Waals surface area contributed by atoms with Gasteiger partial charge >= 0.3 is 0 Å². The molecule has 1 aromatic carbocycles. The first-order valence-corrected chi connectivity index (χ1v) is 5.40. The second kappa shape index (κ2) is 5.41. The van der Waals surface area contributed by atoms with Crippen molar-refractivity contribution >= 4 is 0 Å². The van der Waals surface area contributed by atoms with Crippen LogP contribution in [-0.4, -0.2) is 28.8 Å². The van der Waals surface area contributed by atoms with Gasteiger partial charge in [-0.05, 0) is 18.2 Å². The van der Waals surface area contributed by atoms with E-state index in [9.17, 15) is 0 Å². The van der Waals surface area contributed by atoms with Gasteiger partial charge in [-0.15, -0.1) is 0 Å². The van der Waals surface area contributed by atoms with Crippen LogP contribution in [0, 0.1) is 0 Å². The first-order valence-electron chi connectivity index (χ1n) is 5.40. The van der Waals surface area contributed by atoms with Crippen molar-refractivity contribution < 1.29 is 9.84 Å². The van der Waals surface area contributed by atoms with Gasteiger partial charge in [0, 0.05) is 18.2 Å². The molecule has 88 valence electrons. The summed E-state index contributed by atoms with van der Waals surface area (Å²) in [6.45, 7) is 0.0571. The minimum absolute atomic E-state index is 0.0571. The summed E-state index contributed by atoms with van der Waals surface area (Å²) in [6, 6.07) is 9.54. The van der Waals surface area contributed by atoms with E-state index in [1.807, 2.05) is 30.3 Å². The van der Waals surface area contributed by atoms with Crippen molar-refractivity contribution in [1.29, 1.82) is 0 Å². The van der Waals surface area contributed by atoms with Crippen LogP contribution in [0.25, 0.3) is 11.3 Å². The Morgan fingerprint density at radius 3 is 2.94 bits per heavy atom. The molecule has 4 heteroatoms. The van der Waals surface area contributed by atoms with E-state index < -0.39 is 0 Å². The molecule has 0 fully saturated rings. The number of aliphatic hydroxyl groups is 1. The molecule has 0 radical (unpaired) electrons. The lowest BCUT2D eigenvalue weighted by Gasteiger charge is -2.05. The maximum atomic E-state index is 8.86. The molecule has 0 bridgehead atoms. The monoisotopic (exact) mass is 230 g/mol. The summed E-state index contributed by atoms with van der Waals surface area (Å²) in [7, 11) is 1.64. The second-order valence-electron chi connectivity index (χ2n) is 3.56. The molecule has 0 aliphatic rings. The van der Waals surface area contributed by atoms with Crippen molar-refractivity contribution in [2.45, 2.75) is 6.42 Å². The summed E-state index contributed by atoms with van der Waals surface area (Å²) in [5, 5.41) is 8.86. The standard InChI is InChI=1S/C13H14N2O2/c1-17-11-4-2-3-10(9-11)12-5-7-14-13(15-12)6-8-16/h2-5,7,9,16H,6,8H2,1H3. The normalized spacial score (nSPS) is 10.2. The molecule has 1 N–H and O–H groups in total. The summed E-state index contributed by atoms with van der Waals surface area (Å²) in [4.78, 5) is 8.48. The zero-order valence-electron chi connectivity index (χ0n) is 9.63. The fourth-order valence-electron chi connectivity index (χ4n) is 1.56. The Morgan fingerprint density at radius 1 is 1.29 bits per heavy atom. The smallest absolute Gasteiger partial charge is 0.131 e. The second-order valence-corrected chi connectivity index (χ2v) is 3.56. The Kier molecular flexibility index (Phi) is 3.67. The Morgan fingerprint density at radius 2 is 2.18 bits per heavy atom. The van der Waals surface area contributed by atoms with Gasteiger partial charge in [0.25, 0.3) is 0 Å². The van der Waals surface area contributed by atoms with Crippen LogP contribution in [0.2, 0.25) is 0 Å². The number of aliphatic hydroxyl groups excluding tert-OH is 1. The molecule has 1 aromatic heterocycles. The Hall–Kier alpha value is -1.94. The van der Waals surface area contributed by atoms with Crippen molar-refractivity contribution in [2.75, 3.05) is 13.7 Å². The average Bonchev–Trinajstić information content (AvgIpc) is 2.40. The lowest BCUT2D eigenvalue weighted by molar-refractivity contribution is 0.296. The molecule has 1 heterocycles. The van der Waals surface area contributed by atoms with Crippen molar-refractivity contribution in [3.8, 4) is 17.0 Å². The predicted molar refractivity (Wildman–Crippen MR) is 64.8 cm³/mol. The van der Waals surface area contributed by atoms with Gasteiger partial charge in [-0.1, -0.05) is 12.1 Å². The van der Waals surface area contributed by atoms with E-state index in [0.29, 0.717) is 12.2 Å². The summed E-state index contributed by atoms with van der Waals surface area (Å²) in [5.41, 5.74) is 1.81. The van der Waals surface area contributed by atoms with Crippen LogP contribution in [0.5, 0.6) is 5.75 Å². The number of rotatable bonds is 4. The van der Waals surface area contributed by atoms with Crippen molar-refractivity contribution in [2.24, 2.45) is 0 Å². The number of nitrogens with zero attached hydrogens (tertiary/aromatic N) is 2. The van der Waals surface area contributed by atoms with E-state index in [4.69, 9.17) is 9.84 Å². The van der Waals surface area contributed by atoms with Gasteiger partial charge in [0.15, 0.2) is 0 Å². The fraction of sp³-hybridized carbons (Fsp3) is 0.231. The molecule has 2 aromatic rings. The molecule has 0 amide bonds. The van der Waals surface area contributed by atoms with E-state index in [-0.39, 0.29) is 6.61 Å². The number of aromatic nitrogens is 2. The maximum Gasteiger partial charge on any atom is 0.131 e. The molecule has 0 spiro atoms. The van der Waals surface area contributed by atoms with Gasteiger partial charge in [-0.3, -0.25) is 0 Å². The van der Waals surface area contributed by atoms with Crippen LogP contribution in [0.4, 0.5) is 0 Å². The van der Waals surface area contributed by atoms with Gasteiger partial charge < -0.3 is 9.84 Å². The highest BCUT2D eigenvalue weighted by Crippen LogP contribution is 2.21. The van der Waals surface area contributed by atoms with E-state index in [2.05, 4.69) is 9.97 Å². The molecule has 0 atom stereocenters.